The fraction of sp³-hybridized carbons (Fsp3) is 0.696. The molecule has 29 heavy (non-hydrogen) atoms. The summed E-state index contributed by atoms with van der Waals surface area (Å²) in [6.45, 7) is 3.88. The van der Waals surface area contributed by atoms with Crippen molar-refractivity contribution in [3.05, 3.63) is 35.1 Å². The SMILES string of the molecule is CCCCCCCCCCCCCC(C)OC(=O)c1ccc(F)cc1C(F)(F)F. The lowest BCUT2D eigenvalue weighted by atomic mass is 10.0. The van der Waals surface area contributed by atoms with Crippen LogP contribution in [0.1, 0.15) is 107 Å². The number of alkyl halides is 3. The highest BCUT2D eigenvalue weighted by Crippen LogP contribution is 2.33. The Hall–Kier alpha value is -1.59. The van der Waals surface area contributed by atoms with Crippen molar-refractivity contribution in [3.8, 4) is 0 Å². The maximum atomic E-state index is 13.1. The molecule has 6 heteroatoms. The quantitative estimate of drug-likeness (QED) is 0.173. The first-order valence-corrected chi connectivity index (χ1v) is 10.8. The van der Waals surface area contributed by atoms with Gasteiger partial charge < -0.3 is 4.74 Å². The molecule has 0 aliphatic heterocycles. The minimum absolute atomic E-state index is 0.324. The fourth-order valence-corrected chi connectivity index (χ4v) is 3.33. The highest BCUT2D eigenvalue weighted by Gasteiger charge is 2.36. The van der Waals surface area contributed by atoms with E-state index in [0.29, 0.717) is 12.5 Å². The minimum atomic E-state index is -4.81. The van der Waals surface area contributed by atoms with Gasteiger partial charge >= 0.3 is 12.1 Å². The lowest BCUT2D eigenvalue weighted by Gasteiger charge is -2.16. The Bertz CT molecular complexity index is 599. The third-order valence-electron chi connectivity index (χ3n) is 5.03. The van der Waals surface area contributed by atoms with Crippen molar-refractivity contribution >= 4 is 5.97 Å². The van der Waals surface area contributed by atoms with Gasteiger partial charge in [0.25, 0.3) is 0 Å². The van der Waals surface area contributed by atoms with Crippen LogP contribution in [0.4, 0.5) is 17.6 Å². The molecule has 0 aliphatic rings. The number of ether oxygens (including phenoxy) is 1. The van der Waals surface area contributed by atoms with Gasteiger partial charge in [0.15, 0.2) is 0 Å². The van der Waals surface area contributed by atoms with Crippen LogP contribution < -0.4 is 0 Å². The molecule has 0 amide bonds. The van der Waals surface area contributed by atoms with Gasteiger partial charge in [-0.05, 0) is 38.0 Å². The number of rotatable bonds is 14. The Balaban J connectivity index is 2.24. The molecule has 1 atom stereocenters. The van der Waals surface area contributed by atoms with E-state index in [0.717, 1.165) is 31.4 Å². The molecule has 1 aromatic carbocycles. The van der Waals surface area contributed by atoms with Gasteiger partial charge in [-0.15, -0.1) is 0 Å². The predicted octanol–water partition coefficient (Wildman–Crippen LogP) is 8.09. The molecular weight excluding hydrogens is 384 g/mol. The second kappa shape index (κ2) is 13.6. The van der Waals surface area contributed by atoms with E-state index in [1.54, 1.807) is 6.92 Å². The third kappa shape index (κ3) is 10.7. The van der Waals surface area contributed by atoms with E-state index in [-0.39, 0.29) is 0 Å². The van der Waals surface area contributed by atoms with Crippen LogP contribution in [0.5, 0.6) is 0 Å². The second-order valence-electron chi connectivity index (χ2n) is 7.73. The molecule has 0 saturated carbocycles. The van der Waals surface area contributed by atoms with E-state index in [4.69, 9.17) is 4.74 Å². The molecule has 0 saturated heterocycles. The third-order valence-corrected chi connectivity index (χ3v) is 5.03. The number of esters is 1. The maximum absolute atomic E-state index is 13.1. The smallest absolute Gasteiger partial charge is 0.417 e. The first-order chi connectivity index (χ1) is 13.8. The van der Waals surface area contributed by atoms with Gasteiger partial charge in [0.05, 0.1) is 17.2 Å². The van der Waals surface area contributed by atoms with Gasteiger partial charge in [0.2, 0.25) is 0 Å². The van der Waals surface area contributed by atoms with Gasteiger partial charge in [-0.25, -0.2) is 9.18 Å². The first-order valence-electron chi connectivity index (χ1n) is 10.8. The first kappa shape index (κ1) is 25.4. The van der Waals surface area contributed by atoms with Crippen molar-refractivity contribution in [1.29, 1.82) is 0 Å². The molecule has 1 unspecified atom stereocenters. The van der Waals surface area contributed by atoms with Crippen molar-refractivity contribution in [2.24, 2.45) is 0 Å². The number of hydrogen-bond donors (Lipinski definition) is 0. The largest absolute Gasteiger partial charge is 0.459 e. The molecule has 0 aromatic heterocycles. The van der Waals surface area contributed by atoms with Gasteiger partial charge in [-0.3, -0.25) is 0 Å². The highest BCUT2D eigenvalue weighted by atomic mass is 19.4. The maximum Gasteiger partial charge on any atom is 0.417 e. The number of benzene rings is 1. The Labute approximate surface area is 172 Å². The molecule has 2 nitrogen and oxygen atoms in total. The summed E-state index contributed by atoms with van der Waals surface area (Å²) >= 11 is 0. The van der Waals surface area contributed by atoms with Gasteiger partial charge in [0.1, 0.15) is 5.82 Å². The second-order valence-corrected chi connectivity index (χ2v) is 7.73. The highest BCUT2D eigenvalue weighted by molar-refractivity contribution is 5.91. The van der Waals surface area contributed by atoms with Crippen LogP contribution in [0.15, 0.2) is 18.2 Å². The zero-order chi connectivity index (χ0) is 21.7. The van der Waals surface area contributed by atoms with Crippen LogP contribution in [0, 0.1) is 5.82 Å². The van der Waals surface area contributed by atoms with E-state index in [1.807, 2.05) is 0 Å². The van der Waals surface area contributed by atoms with Crippen molar-refractivity contribution in [2.45, 2.75) is 103 Å². The summed E-state index contributed by atoms with van der Waals surface area (Å²) in [6.07, 6.45) is 8.54. The van der Waals surface area contributed by atoms with Gasteiger partial charge in [-0.1, -0.05) is 71.1 Å². The van der Waals surface area contributed by atoms with Crippen LogP contribution >= 0.6 is 0 Å². The van der Waals surface area contributed by atoms with E-state index >= 15 is 0 Å². The van der Waals surface area contributed by atoms with Crippen molar-refractivity contribution in [2.75, 3.05) is 0 Å². The Morgan fingerprint density at radius 3 is 1.97 bits per heavy atom. The number of halogens is 4. The van der Waals surface area contributed by atoms with E-state index in [2.05, 4.69) is 6.92 Å². The topological polar surface area (TPSA) is 26.3 Å². The molecule has 1 rings (SSSR count). The summed E-state index contributed by atoms with van der Waals surface area (Å²) in [5.41, 5.74) is -1.95. The standard InChI is InChI=1S/C23H34F4O2/c1-3-4-5-6-7-8-9-10-11-12-13-14-18(2)29-22(28)20-16-15-19(24)17-21(20)23(25,26)27/h15-18H,3-14H2,1-2H3. The van der Waals surface area contributed by atoms with Crippen LogP contribution in [0.2, 0.25) is 0 Å². The van der Waals surface area contributed by atoms with Crippen molar-refractivity contribution in [1.82, 2.24) is 0 Å². The van der Waals surface area contributed by atoms with Crippen LogP contribution in [-0.2, 0) is 10.9 Å². The average molecular weight is 419 g/mol. The molecule has 0 heterocycles. The van der Waals surface area contributed by atoms with Crippen LogP contribution in [0.3, 0.4) is 0 Å². The van der Waals surface area contributed by atoms with Crippen LogP contribution in [0.25, 0.3) is 0 Å². The zero-order valence-electron chi connectivity index (χ0n) is 17.6. The molecule has 1 aromatic rings. The molecule has 0 bridgehead atoms. The summed E-state index contributed by atoms with van der Waals surface area (Å²) < 4.78 is 57.3. The molecule has 0 spiro atoms. The summed E-state index contributed by atoms with van der Waals surface area (Å²) in [4.78, 5) is 12.1. The lowest BCUT2D eigenvalue weighted by Crippen LogP contribution is -2.19. The summed E-state index contributed by atoms with van der Waals surface area (Å²) in [5, 5.41) is 0. The summed E-state index contributed by atoms with van der Waals surface area (Å²) in [7, 11) is 0. The average Bonchev–Trinajstić information content (AvgIpc) is 2.65. The van der Waals surface area contributed by atoms with E-state index in [9.17, 15) is 22.4 Å². The summed E-state index contributed by atoms with van der Waals surface area (Å²) in [6, 6.07) is 1.99. The Morgan fingerprint density at radius 1 is 0.931 bits per heavy atom. The zero-order valence-corrected chi connectivity index (χ0v) is 17.6. The monoisotopic (exact) mass is 418 g/mol. The number of unbranched alkanes of at least 4 members (excludes halogenated alkanes) is 10. The number of hydrogen-bond acceptors (Lipinski definition) is 2. The van der Waals surface area contributed by atoms with E-state index < -0.39 is 35.2 Å². The Kier molecular flexibility index (Phi) is 11.9. The molecule has 0 radical (unpaired) electrons. The minimum Gasteiger partial charge on any atom is -0.459 e. The number of carbonyl (C=O) groups is 1. The molecule has 0 N–H and O–H groups in total. The van der Waals surface area contributed by atoms with Crippen molar-refractivity contribution < 1.29 is 27.1 Å². The molecule has 166 valence electrons. The van der Waals surface area contributed by atoms with E-state index in [1.165, 1.54) is 51.4 Å². The molecule has 0 aliphatic carbocycles. The van der Waals surface area contributed by atoms with Crippen molar-refractivity contribution in [3.63, 3.8) is 0 Å². The number of carbonyl (C=O) groups excluding carboxylic acids is 1. The summed E-state index contributed by atoms with van der Waals surface area (Å²) in [5.74, 6) is -2.10. The fourth-order valence-electron chi connectivity index (χ4n) is 3.33. The Morgan fingerprint density at radius 2 is 1.45 bits per heavy atom. The van der Waals surface area contributed by atoms with Crippen LogP contribution in [-0.4, -0.2) is 12.1 Å². The van der Waals surface area contributed by atoms with Gasteiger partial charge in [-0.2, -0.15) is 13.2 Å². The molecular formula is C23H34F4O2. The lowest BCUT2D eigenvalue weighted by molar-refractivity contribution is -0.138. The normalized spacial score (nSPS) is 12.8. The van der Waals surface area contributed by atoms with Gasteiger partial charge in [0, 0.05) is 0 Å². The predicted molar refractivity (Wildman–Crippen MR) is 107 cm³/mol. The molecule has 0 fully saturated rings.